The summed E-state index contributed by atoms with van der Waals surface area (Å²) < 4.78 is 7.29. The number of para-hydroxylation sites is 1. The molecule has 0 atom stereocenters. The van der Waals surface area contributed by atoms with Crippen LogP contribution in [0.1, 0.15) is 11.1 Å². The summed E-state index contributed by atoms with van der Waals surface area (Å²) in [5.74, 6) is 0.596. The quantitative estimate of drug-likeness (QED) is 0.484. The number of ether oxygens (including phenoxy) is 1. The molecule has 4 rings (SSSR count). The molecule has 5 nitrogen and oxygen atoms in total. The predicted molar refractivity (Wildman–Crippen MR) is 122 cm³/mol. The van der Waals surface area contributed by atoms with E-state index in [4.69, 9.17) is 4.74 Å². The Bertz CT molecular complexity index is 1200. The van der Waals surface area contributed by atoms with Crippen LogP contribution in [0.5, 0.6) is 5.75 Å². The van der Waals surface area contributed by atoms with Crippen molar-refractivity contribution in [1.82, 2.24) is 4.57 Å². The molecule has 0 aliphatic carbocycles. The van der Waals surface area contributed by atoms with E-state index >= 15 is 0 Å². The van der Waals surface area contributed by atoms with Crippen molar-refractivity contribution >= 4 is 11.6 Å². The van der Waals surface area contributed by atoms with Gasteiger partial charge in [-0.25, -0.2) is 0 Å². The Morgan fingerprint density at radius 2 is 1.45 bits per heavy atom. The van der Waals surface area contributed by atoms with E-state index in [0.29, 0.717) is 12.3 Å². The third-order valence-corrected chi connectivity index (χ3v) is 4.77. The average Bonchev–Trinajstić information content (AvgIpc) is 2.81. The Morgan fingerprint density at radius 3 is 2.16 bits per heavy atom. The Labute approximate surface area is 180 Å². The lowest BCUT2D eigenvalue weighted by molar-refractivity contribution is -0.115. The summed E-state index contributed by atoms with van der Waals surface area (Å²) in [7, 11) is 0. The second kappa shape index (κ2) is 9.59. The fourth-order valence-electron chi connectivity index (χ4n) is 3.19. The third kappa shape index (κ3) is 5.48. The van der Waals surface area contributed by atoms with Gasteiger partial charge >= 0.3 is 0 Å². The van der Waals surface area contributed by atoms with Crippen molar-refractivity contribution in [2.75, 3.05) is 5.32 Å². The number of nitrogens with one attached hydrogen (secondary N) is 1. The molecule has 0 saturated heterocycles. The summed E-state index contributed by atoms with van der Waals surface area (Å²) in [5.41, 5.74) is 3.13. The highest BCUT2D eigenvalue weighted by Crippen LogP contribution is 2.15. The molecule has 0 aliphatic heterocycles. The lowest BCUT2D eigenvalue weighted by Gasteiger charge is -2.10. The molecular formula is C26H22N2O3. The van der Waals surface area contributed by atoms with Crippen LogP contribution < -0.4 is 15.6 Å². The van der Waals surface area contributed by atoms with Crippen LogP contribution in [-0.2, 0) is 17.8 Å². The first-order chi connectivity index (χ1) is 15.2. The number of hydrogen-bond donors (Lipinski definition) is 1. The van der Waals surface area contributed by atoms with Gasteiger partial charge in [0.05, 0.1) is 12.1 Å². The molecule has 0 saturated carbocycles. The number of carbonyl (C=O) groups excluding carboxylic acids is 1. The van der Waals surface area contributed by atoms with E-state index in [-0.39, 0.29) is 17.9 Å². The molecule has 0 unspecified atom stereocenters. The topological polar surface area (TPSA) is 60.3 Å². The number of benzene rings is 3. The Balaban J connectivity index is 1.36. The number of nitrogens with zero attached hydrogens (tertiary/aromatic N) is 1. The van der Waals surface area contributed by atoms with E-state index in [1.807, 2.05) is 84.9 Å². The predicted octanol–water partition coefficient (Wildman–Crippen LogP) is 4.60. The van der Waals surface area contributed by atoms with Crippen molar-refractivity contribution < 1.29 is 9.53 Å². The maximum absolute atomic E-state index is 12.5. The molecule has 0 fully saturated rings. The highest BCUT2D eigenvalue weighted by Gasteiger charge is 2.07. The zero-order chi connectivity index (χ0) is 21.5. The van der Waals surface area contributed by atoms with Crippen LogP contribution in [0.3, 0.4) is 0 Å². The summed E-state index contributed by atoms with van der Waals surface area (Å²) in [6.07, 6.45) is 1.86. The number of hydrogen-bond acceptors (Lipinski definition) is 3. The normalized spacial score (nSPS) is 10.5. The molecule has 154 valence electrons. The molecular weight excluding hydrogens is 388 g/mol. The maximum atomic E-state index is 12.5. The van der Waals surface area contributed by atoms with Crippen molar-refractivity contribution in [2.24, 2.45) is 0 Å². The number of aromatic nitrogens is 1. The zero-order valence-electron chi connectivity index (χ0n) is 16.9. The Kier molecular flexibility index (Phi) is 6.24. The second-order valence-electron chi connectivity index (χ2n) is 7.10. The van der Waals surface area contributed by atoms with E-state index in [2.05, 4.69) is 5.32 Å². The number of pyridine rings is 1. The lowest BCUT2D eigenvalue weighted by Crippen LogP contribution is -2.20. The molecule has 1 N–H and O–H groups in total. The smallest absolute Gasteiger partial charge is 0.255 e. The largest absolute Gasteiger partial charge is 0.489 e. The SMILES string of the molecule is O=C(Cc1ccc(OCc2ccccc2)cc1)Nc1ccc(=O)n(-c2ccccc2)c1. The van der Waals surface area contributed by atoms with E-state index < -0.39 is 0 Å². The fourth-order valence-corrected chi connectivity index (χ4v) is 3.19. The van der Waals surface area contributed by atoms with E-state index in [1.54, 1.807) is 12.3 Å². The van der Waals surface area contributed by atoms with Crippen LogP contribution in [0, 0.1) is 0 Å². The van der Waals surface area contributed by atoms with Crippen LogP contribution in [0.15, 0.2) is 108 Å². The Hall–Kier alpha value is -4.12. The fraction of sp³-hybridized carbons (Fsp3) is 0.0769. The molecule has 1 heterocycles. The highest BCUT2D eigenvalue weighted by molar-refractivity contribution is 5.92. The van der Waals surface area contributed by atoms with Gasteiger partial charge in [-0.2, -0.15) is 0 Å². The summed E-state index contributed by atoms with van der Waals surface area (Å²) in [6.45, 7) is 0.498. The van der Waals surface area contributed by atoms with Gasteiger partial charge in [-0.15, -0.1) is 0 Å². The first-order valence-corrected chi connectivity index (χ1v) is 10.0. The molecule has 31 heavy (non-hydrogen) atoms. The lowest BCUT2D eigenvalue weighted by atomic mass is 10.1. The van der Waals surface area contributed by atoms with Crippen LogP contribution >= 0.6 is 0 Å². The molecule has 5 heteroatoms. The minimum atomic E-state index is -0.157. The minimum Gasteiger partial charge on any atom is -0.489 e. The van der Waals surface area contributed by atoms with Gasteiger partial charge in [-0.3, -0.25) is 14.2 Å². The van der Waals surface area contributed by atoms with Gasteiger partial charge in [0.15, 0.2) is 0 Å². The van der Waals surface area contributed by atoms with Crippen molar-refractivity contribution in [3.8, 4) is 11.4 Å². The van der Waals surface area contributed by atoms with E-state index in [0.717, 1.165) is 22.6 Å². The van der Waals surface area contributed by atoms with Crippen LogP contribution in [-0.4, -0.2) is 10.5 Å². The number of amides is 1. The number of anilines is 1. The molecule has 0 aliphatic rings. The standard InChI is InChI=1S/C26H22N2O3/c29-25(27-22-13-16-26(30)28(18-22)23-9-5-2-6-10-23)17-20-11-14-24(15-12-20)31-19-21-7-3-1-4-8-21/h1-16,18H,17,19H2,(H,27,29). The first-order valence-electron chi connectivity index (χ1n) is 10.0. The maximum Gasteiger partial charge on any atom is 0.255 e. The average molecular weight is 410 g/mol. The van der Waals surface area contributed by atoms with Crippen molar-refractivity contribution in [3.63, 3.8) is 0 Å². The van der Waals surface area contributed by atoms with Crippen molar-refractivity contribution in [1.29, 1.82) is 0 Å². The molecule has 0 bridgehead atoms. The van der Waals surface area contributed by atoms with Gasteiger partial charge in [0.25, 0.3) is 5.56 Å². The summed E-state index contributed by atoms with van der Waals surface area (Å²) in [5, 5.41) is 2.86. The molecule has 1 amide bonds. The second-order valence-corrected chi connectivity index (χ2v) is 7.10. The van der Waals surface area contributed by atoms with Gasteiger partial charge in [-0.05, 0) is 41.5 Å². The van der Waals surface area contributed by atoms with E-state index in [9.17, 15) is 9.59 Å². The third-order valence-electron chi connectivity index (χ3n) is 4.77. The van der Waals surface area contributed by atoms with Crippen LogP contribution in [0.4, 0.5) is 5.69 Å². The number of carbonyl (C=O) groups is 1. The van der Waals surface area contributed by atoms with Gasteiger partial charge in [0.2, 0.25) is 5.91 Å². The molecule has 0 spiro atoms. The van der Waals surface area contributed by atoms with Crippen molar-refractivity contribution in [3.05, 3.63) is 125 Å². The highest BCUT2D eigenvalue weighted by atomic mass is 16.5. The van der Waals surface area contributed by atoms with E-state index in [1.165, 1.54) is 10.6 Å². The molecule has 3 aromatic carbocycles. The zero-order valence-corrected chi connectivity index (χ0v) is 16.9. The minimum absolute atomic E-state index is 0.156. The molecule has 1 aromatic heterocycles. The van der Waals surface area contributed by atoms with Crippen LogP contribution in [0.2, 0.25) is 0 Å². The first kappa shape index (κ1) is 20.2. The summed E-state index contributed by atoms with van der Waals surface area (Å²) in [4.78, 5) is 24.6. The van der Waals surface area contributed by atoms with Gasteiger partial charge in [-0.1, -0.05) is 60.7 Å². The van der Waals surface area contributed by atoms with Crippen LogP contribution in [0.25, 0.3) is 5.69 Å². The molecule has 0 radical (unpaired) electrons. The van der Waals surface area contributed by atoms with Gasteiger partial charge < -0.3 is 10.1 Å². The monoisotopic (exact) mass is 410 g/mol. The Morgan fingerprint density at radius 1 is 0.774 bits per heavy atom. The summed E-state index contributed by atoms with van der Waals surface area (Å²) in [6, 6.07) is 29.8. The van der Waals surface area contributed by atoms with Gasteiger partial charge in [0.1, 0.15) is 12.4 Å². The van der Waals surface area contributed by atoms with Crippen molar-refractivity contribution in [2.45, 2.75) is 13.0 Å². The molecule has 4 aromatic rings. The number of rotatable bonds is 7. The summed E-state index contributed by atoms with van der Waals surface area (Å²) >= 11 is 0. The van der Waals surface area contributed by atoms with Gasteiger partial charge in [0, 0.05) is 18.0 Å².